The van der Waals surface area contributed by atoms with Crippen molar-refractivity contribution in [3.05, 3.63) is 35.9 Å². The zero-order valence-corrected chi connectivity index (χ0v) is 14.7. The maximum atomic E-state index is 12.6. The predicted octanol–water partition coefficient (Wildman–Crippen LogP) is 3.32. The van der Waals surface area contributed by atoms with Gasteiger partial charge < -0.3 is 10.5 Å². The fraction of sp³-hybridized carbons (Fsp3) is 0.556. The van der Waals surface area contributed by atoms with E-state index < -0.39 is 23.6 Å². The van der Waals surface area contributed by atoms with Gasteiger partial charge in [-0.15, -0.1) is 0 Å². The first-order chi connectivity index (χ1) is 10.7. The number of nitrogens with zero attached hydrogens (tertiary/aromatic N) is 1. The summed E-state index contributed by atoms with van der Waals surface area (Å²) in [7, 11) is 0. The van der Waals surface area contributed by atoms with Crippen LogP contribution < -0.4 is 5.73 Å². The number of hydrogen-bond acceptors (Lipinski definition) is 3. The molecule has 0 aromatic heterocycles. The maximum absolute atomic E-state index is 12.6. The van der Waals surface area contributed by atoms with Crippen molar-refractivity contribution < 1.29 is 14.3 Å². The number of primary amides is 1. The molecule has 1 aromatic carbocycles. The lowest BCUT2D eigenvalue weighted by molar-refractivity contribution is -0.125. The number of ether oxygens (including phenoxy) is 1. The van der Waals surface area contributed by atoms with Gasteiger partial charge in [-0.3, -0.25) is 9.69 Å². The van der Waals surface area contributed by atoms with Crippen molar-refractivity contribution in [1.82, 2.24) is 4.90 Å². The minimum Gasteiger partial charge on any atom is -0.444 e. The van der Waals surface area contributed by atoms with Gasteiger partial charge in [-0.05, 0) is 32.3 Å². The predicted molar refractivity (Wildman–Crippen MR) is 90.7 cm³/mol. The van der Waals surface area contributed by atoms with E-state index in [2.05, 4.69) is 0 Å². The highest BCUT2D eigenvalue weighted by atomic mass is 16.6. The highest BCUT2D eigenvalue weighted by Crippen LogP contribution is 2.21. The van der Waals surface area contributed by atoms with E-state index in [1.807, 2.05) is 44.2 Å². The third-order valence-corrected chi connectivity index (χ3v) is 3.63. The average Bonchev–Trinajstić information content (AvgIpc) is 2.45. The molecular weight excluding hydrogens is 292 g/mol. The monoisotopic (exact) mass is 320 g/mol. The number of nitrogens with two attached hydrogens (primary N) is 1. The van der Waals surface area contributed by atoms with E-state index in [0.717, 1.165) is 12.0 Å². The summed E-state index contributed by atoms with van der Waals surface area (Å²) in [5.74, 6) is -0.565. The van der Waals surface area contributed by atoms with Gasteiger partial charge in [0.15, 0.2) is 0 Å². The number of amides is 2. The molecule has 0 saturated heterocycles. The van der Waals surface area contributed by atoms with Crippen LogP contribution in [-0.2, 0) is 16.1 Å². The van der Waals surface area contributed by atoms with Gasteiger partial charge in [-0.2, -0.15) is 0 Å². The second-order valence-electron chi connectivity index (χ2n) is 6.83. The van der Waals surface area contributed by atoms with Gasteiger partial charge >= 0.3 is 6.09 Å². The van der Waals surface area contributed by atoms with E-state index in [0.29, 0.717) is 0 Å². The first kappa shape index (κ1) is 19.0. The SMILES string of the molecule is CC[C@H](C)[C@@H](C(N)=O)N(Cc1ccccc1)C(=O)OC(C)(C)C. The third kappa shape index (κ3) is 5.93. The van der Waals surface area contributed by atoms with Crippen LogP contribution in [0.4, 0.5) is 4.79 Å². The molecule has 2 N–H and O–H groups in total. The fourth-order valence-electron chi connectivity index (χ4n) is 2.34. The van der Waals surface area contributed by atoms with E-state index in [4.69, 9.17) is 10.5 Å². The van der Waals surface area contributed by atoms with Crippen LogP contribution in [0.15, 0.2) is 30.3 Å². The Morgan fingerprint density at radius 2 is 1.78 bits per heavy atom. The quantitative estimate of drug-likeness (QED) is 0.874. The highest BCUT2D eigenvalue weighted by Gasteiger charge is 2.34. The molecule has 2 atom stereocenters. The molecule has 0 bridgehead atoms. The molecule has 0 fully saturated rings. The lowest BCUT2D eigenvalue weighted by Crippen LogP contribution is -2.52. The topological polar surface area (TPSA) is 72.6 Å². The van der Waals surface area contributed by atoms with Crippen LogP contribution in [0.25, 0.3) is 0 Å². The molecule has 2 amide bonds. The van der Waals surface area contributed by atoms with Gasteiger partial charge in [0.2, 0.25) is 5.91 Å². The minimum atomic E-state index is -0.699. The van der Waals surface area contributed by atoms with Crippen LogP contribution in [0.5, 0.6) is 0 Å². The summed E-state index contributed by atoms with van der Waals surface area (Å²) in [6.45, 7) is 9.57. The molecule has 1 aromatic rings. The first-order valence-corrected chi connectivity index (χ1v) is 7.98. The van der Waals surface area contributed by atoms with Crippen LogP contribution in [-0.4, -0.2) is 28.5 Å². The Bertz CT molecular complexity index is 523. The van der Waals surface area contributed by atoms with Crippen LogP contribution in [0.2, 0.25) is 0 Å². The van der Waals surface area contributed by atoms with Crippen LogP contribution in [0.1, 0.15) is 46.6 Å². The number of rotatable bonds is 6. The van der Waals surface area contributed by atoms with Crippen molar-refractivity contribution in [1.29, 1.82) is 0 Å². The van der Waals surface area contributed by atoms with E-state index in [-0.39, 0.29) is 12.5 Å². The summed E-state index contributed by atoms with van der Waals surface area (Å²) in [6, 6.07) is 8.81. The Labute approximate surface area is 138 Å². The molecule has 0 spiro atoms. The van der Waals surface area contributed by atoms with E-state index in [1.165, 1.54) is 4.90 Å². The molecule has 0 saturated carbocycles. The highest BCUT2D eigenvalue weighted by molar-refractivity contribution is 5.84. The van der Waals surface area contributed by atoms with E-state index in [9.17, 15) is 9.59 Å². The Balaban J connectivity index is 3.13. The summed E-state index contributed by atoms with van der Waals surface area (Å²) >= 11 is 0. The molecular formula is C18H28N2O3. The Morgan fingerprint density at radius 1 is 1.22 bits per heavy atom. The largest absolute Gasteiger partial charge is 0.444 e. The molecule has 0 aliphatic rings. The Hall–Kier alpha value is -2.04. The third-order valence-electron chi connectivity index (χ3n) is 3.63. The van der Waals surface area contributed by atoms with Crippen molar-refractivity contribution in [3.63, 3.8) is 0 Å². The van der Waals surface area contributed by atoms with Crippen LogP contribution in [0.3, 0.4) is 0 Å². The second-order valence-corrected chi connectivity index (χ2v) is 6.83. The number of benzene rings is 1. The number of hydrogen-bond donors (Lipinski definition) is 1. The van der Waals surface area contributed by atoms with Gasteiger partial charge in [0.25, 0.3) is 0 Å². The standard InChI is InChI=1S/C18H28N2O3/c1-6-13(2)15(16(19)21)20(17(22)23-18(3,4)5)12-14-10-8-7-9-11-14/h7-11,13,15H,6,12H2,1-5H3,(H2,19,21)/t13-,15-/m0/s1. The summed E-state index contributed by atoms with van der Waals surface area (Å²) in [6.07, 6.45) is 0.215. The normalized spacial score (nSPS) is 14.0. The molecule has 5 heteroatoms. The molecule has 23 heavy (non-hydrogen) atoms. The van der Waals surface area contributed by atoms with Gasteiger partial charge in [-0.25, -0.2) is 4.79 Å². The summed E-state index contributed by atoms with van der Waals surface area (Å²) in [5.41, 5.74) is 5.87. The Kier molecular flexibility index (Phi) is 6.61. The molecule has 0 aliphatic heterocycles. The van der Waals surface area contributed by atoms with Crippen molar-refractivity contribution in [2.75, 3.05) is 0 Å². The Morgan fingerprint density at radius 3 is 2.22 bits per heavy atom. The second kappa shape index (κ2) is 7.99. The smallest absolute Gasteiger partial charge is 0.411 e. The fourth-order valence-corrected chi connectivity index (χ4v) is 2.34. The van der Waals surface area contributed by atoms with Gasteiger partial charge in [0.1, 0.15) is 11.6 Å². The molecule has 5 nitrogen and oxygen atoms in total. The van der Waals surface area contributed by atoms with Crippen LogP contribution >= 0.6 is 0 Å². The van der Waals surface area contributed by atoms with E-state index >= 15 is 0 Å². The van der Waals surface area contributed by atoms with Gasteiger partial charge in [0, 0.05) is 6.54 Å². The van der Waals surface area contributed by atoms with Crippen molar-refractivity contribution in [2.45, 2.75) is 59.2 Å². The summed E-state index contributed by atoms with van der Waals surface area (Å²) < 4.78 is 5.48. The molecule has 1 rings (SSSR count). The average molecular weight is 320 g/mol. The zero-order chi connectivity index (χ0) is 17.6. The summed E-state index contributed by atoms with van der Waals surface area (Å²) in [4.78, 5) is 26.0. The molecule has 0 unspecified atom stereocenters. The number of carbonyl (C=O) groups is 2. The lowest BCUT2D eigenvalue weighted by Gasteiger charge is -2.34. The summed E-state index contributed by atoms with van der Waals surface area (Å²) in [5, 5.41) is 0. The molecule has 0 radical (unpaired) electrons. The molecule has 0 heterocycles. The van der Waals surface area contributed by atoms with Crippen molar-refractivity contribution >= 4 is 12.0 Å². The van der Waals surface area contributed by atoms with E-state index in [1.54, 1.807) is 20.8 Å². The van der Waals surface area contributed by atoms with Crippen LogP contribution in [0, 0.1) is 5.92 Å². The van der Waals surface area contributed by atoms with Gasteiger partial charge in [0.05, 0.1) is 0 Å². The number of carbonyl (C=O) groups excluding carboxylic acids is 2. The molecule has 0 aliphatic carbocycles. The maximum Gasteiger partial charge on any atom is 0.411 e. The molecule has 128 valence electrons. The van der Waals surface area contributed by atoms with Crippen molar-refractivity contribution in [3.8, 4) is 0 Å². The minimum absolute atomic E-state index is 0.0521. The zero-order valence-electron chi connectivity index (χ0n) is 14.7. The van der Waals surface area contributed by atoms with Crippen molar-refractivity contribution in [2.24, 2.45) is 11.7 Å². The first-order valence-electron chi connectivity index (χ1n) is 7.98. The lowest BCUT2D eigenvalue weighted by atomic mass is 9.96. The van der Waals surface area contributed by atoms with Gasteiger partial charge in [-0.1, -0.05) is 50.6 Å².